The van der Waals surface area contributed by atoms with Crippen LogP contribution in [-0.4, -0.2) is 61.3 Å². The van der Waals surface area contributed by atoms with Gasteiger partial charge in [-0.3, -0.25) is 4.79 Å². The largest absolute Gasteiger partial charge is 0.481 e. The van der Waals surface area contributed by atoms with Crippen LogP contribution in [0.1, 0.15) is 43.2 Å². The van der Waals surface area contributed by atoms with Crippen LogP contribution in [-0.2, 0) is 16.3 Å². The van der Waals surface area contributed by atoms with Crippen LogP contribution in [0.15, 0.2) is 30.3 Å². The molecular formula is C22H23B5O2S2. The Labute approximate surface area is 201 Å². The molecule has 2 aromatic carbocycles. The lowest BCUT2D eigenvalue weighted by atomic mass is 9.61. The molecule has 10 radical (unpaired) electrons. The molecule has 0 amide bonds. The minimum Gasteiger partial charge on any atom is -0.481 e. The van der Waals surface area contributed by atoms with E-state index in [9.17, 15) is 4.79 Å². The molecule has 0 fully saturated rings. The van der Waals surface area contributed by atoms with Crippen molar-refractivity contribution < 1.29 is 9.90 Å². The SMILES string of the molecule is [B]c1c([B])c([B])c(CSCCC(CCCCC(=O)O)SCc2ccccc2)c([B])c1[B]. The van der Waals surface area contributed by atoms with Crippen LogP contribution in [0, 0.1) is 0 Å². The van der Waals surface area contributed by atoms with Crippen LogP contribution in [0.25, 0.3) is 0 Å². The fraction of sp³-hybridized carbons (Fsp3) is 0.409. The van der Waals surface area contributed by atoms with Crippen molar-refractivity contribution in [1.29, 1.82) is 0 Å². The standard InChI is InChI=1S/C22H23B5O2S2/c23-18-16(19(24)21(26)22(27)20(18)25)13-30-11-10-15(8-4-5-9-17(28)29)31-12-14-6-2-1-3-7-14/h1-3,6-7,15H,4-5,8-13H2,(H,28,29). The Bertz CT molecular complexity index is 836. The molecule has 0 saturated carbocycles. The number of aliphatic carboxylic acids is 1. The molecule has 31 heavy (non-hydrogen) atoms. The van der Waals surface area contributed by atoms with Gasteiger partial charge in [-0.05, 0) is 30.6 Å². The molecule has 0 aliphatic heterocycles. The Morgan fingerprint density at radius 2 is 1.45 bits per heavy atom. The lowest BCUT2D eigenvalue weighted by molar-refractivity contribution is -0.137. The Morgan fingerprint density at radius 3 is 2.06 bits per heavy atom. The van der Waals surface area contributed by atoms with Gasteiger partial charge in [0.15, 0.2) is 0 Å². The second-order valence-corrected chi connectivity index (χ2v) is 9.84. The molecule has 2 rings (SSSR count). The molecule has 9 heteroatoms. The molecule has 0 aliphatic carbocycles. The summed E-state index contributed by atoms with van der Waals surface area (Å²) in [5.74, 6) is 1.75. The molecule has 0 bridgehead atoms. The molecule has 1 N–H and O–H groups in total. The summed E-state index contributed by atoms with van der Waals surface area (Å²) in [5, 5.41) is 9.31. The fourth-order valence-electron chi connectivity index (χ4n) is 3.20. The van der Waals surface area contributed by atoms with Crippen molar-refractivity contribution in [3.63, 3.8) is 0 Å². The number of thioether (sulfide) groups is 2. The first-order chi connectivity index (χ1) is 14.8. The van der Waals surface area contributed by atoms with Gasteiger partial charge in [0.2, 0.25) is 0 Å². The average Bonchev–Trinajstić information content (AvgIpc) is 2.76. The molecule has 2 nitrogen and oxygen atoms in total. The Hall–Kier alpha value is -1.07. The molecule has 0 saturated heterocycles. The maximum absolute atomic E-state index is 10.8. The average molecular weight is 438 g/mol. The highest BCUT2D eigenvalue weighted by atomic mass is 32.2. The van der Waals surface area contributed by atoms with Gasteiger partial charge < -0.3 is 5.11 Å². The summed E-state index contributed by atoms with van der Waals surface area (Å²) in [7, 11) is 30.0. The number of unbranched alkanes of at least 4 members (excludes halogenated alkanes) is 1. The van der Waals surface area contributed by atoms with E-state index in [2.05, 4.69) is 12.1 Å². The summed E-state index contributed by atoms with van der Waals surface area (Å²) in [5.41, 5.74) is 3.66. The third-order valence-electron chi connectivity index (χ3n) is 5.14. The lowest BCUT2D eigenvalue weighted by Crippen LogP contribution is -2.56. The third kappa shape index (κ3) is 8.42. The van der Waals surface area contributed by atoms with E-state index in [1.54, 1.807) is 11.8 Å². The van der Waals surface area contributed by atoms with E-state index in [1.807, 2.05) is 30.0 Å². The summed E-state index contributed by atoms with van der Waals surface area (Å²) in [6.07, 6.45) is 3.85. The number of carboxylic acid groups (broad SMARTS) is 1. The van der Waals surface area contributed by atoms with Crippen LogP contribution >= 0.6 is 23.5 Å². The highest BCUT2D eigenvalue weighted by Crippen LogP contribution is 2.27. The van der Waals surface area contributed by atoms with Crippen LogP contribution in [0.3, 0.4) is 0 Å². The summed E-state index contributed by atoms with van der Waals surface area (Å²) in [6, 6.07) is 10.4. The summed E-state index contributed by atoms with van der Waals surface area (Å²) in [6.45, 7) is 0. The van der Waals surface area contributed by atoms with E-state index in [0.717, 1.165) is 36.3 Å². The third-order valence-corrected chi connectivity index (χ3v) is 7.60. The highest BCUT2D eigenvalue weighted by molar-refractivity contribution is 7.99. The molecule has 0 heterocycles. The van der Waals surface area contributed by atoms with Crippen molar-refractivity contribution in [2.24, 2.45) is 0 Å². The van der Waals surface area contributed by atoms with E-state index in [4.69, 9.17) is 44.3 Å². The van der Waals surface area contributed by atoms with E-state index in [0.29, 0.717) is 28.3 Å². The predicted molar refractivity (Wildman–Crippen MR) is 142 cm³/mol. The Kier molecular flexibility index (Phi) is 11.4. The Balaban J connectivity index is 1.89. The summed E-state index contributed by atoms with van der Waals surface area (Å²) in [4.78, 5) is 10.8. The van der Waals surface area contributed by atoms with Crippen LogP contribution < -0.4 is 27.3 Å². The van der Waals surface area contributed by atoms with Crippen molar-refractivity contribution in [3.05, 3.63) is 41.5 Å². The van der Waals surface area contributed by atoms with E-state index in [-0.39, 0.29) is 22.8 Å². The zero-order valence-corrected chi connectivity index (χ0v) is 19.3. The number of benzene rings is 2. The second-order valence-electron chi connectivity index (χ2n) is 7.45. The fourth-order valence-corrected chi connectivity index (χ4v) is 5.70. The van der Waals surface area contributed by atoms with Crippen molar-refractivity contribution in [2.75, 3.05) is 5.75 Å². The maximum atomic E-state index is 10.8. The normalized spacial score (nSPS) is 12.0. The van der Waals surface area contributed by atoms with Crippen molar-refractivity contribution in [1.82, 2.24) is 0 Å². The minimum absolute atomic E-state index is 0.226. The van der Waals surface area contributed by atoms with E-state index in [1.165, 1.54) is 5.56 Å². The van der Waals surface area contributed by atoms with E-state index < -0.39 is 5.97 Å². The van der Waals surface area contributed by atoms with Gasteiger partial charge in [-0.1, -0.05) is 42.3 Å². The first-order valence-electron chi connectivity index (χ1n) is 10.3. The van der Waals surface area contributed by atoms with Gasteiger partial charge in [0, 0.05) is 23.2 Å². The topological polar surface area (TPSA) is 37.3 Å². The van der Waals surface area contributed by atoms with Gasteiger partial charge >= 0.3 is 5.97 Å². The number of hydrogen-bond donors (Lipinski definition) is 1. The first kappa shape index (κ1) is 26.2. The van der Waals surface area contributed by atoms with Crippen LogP contribution in [0.5, 0.6) is 0 Å². The van der Waals surface area contributed by atoms with Gasteiger partial charge in [-0.15, -0.1) is 27.3 Å². The molecular weight excluding hydrogens is 414 g/mol. The van der Waals surface area contributed by atoms with Crippen molar-refractivity contribution >= 4 is 96.0 Å². The van der Waals surface area contributed by atoms with E-state index >= 15 is 0 Å². The maximum Gasteiger partial charge on any atom is 0.303 e. The molecule has 1 atom stereocenters. The summed E-state index contributed by atoms with van der Waals surface area (Å²) >= 11 is 3.66. The first-order valence-corrected chi connectivity index (χ1v) is 12.5. The number of carboxylic acids is 1. The monoisotopic (exact) mass is 438 g/mol. The number of carbonyl (C=O) groups is 1. The molecule has 2 aromatic rings. The second kappa shape index (κ2) is 13.5. The van der Waals surface area contributed by atoms with Gasteiger partial charge in [0.1, 0.15) is 39.2 Å². The van der Waals surface area contributed by atoms with Crippen LogP contribution in [0.4, 0.5) is 0 Å². The number of hydrogen-bond acceptors (Lipinski definition) is 3. The number of rotatable bonds is 13. The molecule has 150 valence electrons. The predicted octanol–water partition coefficient (Wildman–Crippen LogP) is 0.226. The zero-order chi connectivity index (χ0) is 22.8. The smallest absolute Gasteiger partial charge is 0.303 e. The zero-order valence-electron chi connectivity index (χ0n) is 17.7. The van der Waals surface area contributed by atoms with Crippen LogP contribution in [0.2, 0.25) is 0 Å². The molecule has 0 aromatic heterocycles. The molecule has 1 unspecified atom stereocenters. The van der Waals surface area contributed by atoms with Crippen molar-refractivity contribution in [2.45, 2.75) is 48.9 Å². The highest BCUT2D eigenvalue weighted by Gasteiger charge is 2.13. The minimum atomic E-state index is -0.735. The molecule has 0 aliphatic rings. The van der Waals surface area contributed by atoms with Gasteiger partial charge in [-0.25, -0.2) is 0 Å². The molecule has 0 spiro atoms. The Morgan fingerprint density at radius 1 is 0.839 bits per heavy atom. The lowest BCUT2D eigenvalue weighted by Gasteiger charge is -2.21. The summed E-state index contributed by atoms with van der Waals surface area (Å²) < 4.78 is 0. The van der Waals surface area contributed by atoms with Gasteiger partial charge in [0.05, 0.1) is 0 Å². The van der Waals surface area contributed by atoms with Crippen molar-refractivity contribution in [3.8, 4) is 0 Å². The quantitative estimate of drug-likeness (QED) is 0.360. The van der Waals surface area contributed by atoms with Gasteiger partial charge in [0.25, 0.3) is 0 Å². The van der Waals surface area contributed by atoms with Gasteiger partial charge in [-0.2, -0.15) is 23.5 Å².